The van der Waals surface area contributed by atoms with Crippen LogP contribution in [0.15, 0.2) is 30.3 Å². The summed E-state index contributed by atoms with van der Waals surface area (Å²) in [5.41, 5.74) is 2.19. The zero-order valence-electron chi connectivity index (χ0n) is 15.4. The van der Waals surface area contributed by atoms with Gasteiger partial charge in [0.1, 0.15) is 6.04 Å². The van der Waals surface area contributed by atoms with E-state index >= 15 is 0 Å². The molecule has 0 bridgehead atoms. The Morgan fingerprint density at radius 3 is 2.75 bits per heavy atom. The van der Waals surface area contributed by atoms with Crippen LogP contribution in [-0.2, 0) is 17.6 Å². The van der Waals surface area contributed by atoms with Gasteiger partial charge in [0.15, 0.2) is 0 Å². The Hall–Kier alpha value is -2.67. The number of nitrogens with zero attached hydrogens (tertiary/aromatic N) is 1. The number of aliphatic carboxylic acids is 1. The van der Waals surface area contributed by atoms with Gasteiger partial charge in [-0.05, 0) is 68.4 Å². The summed E-state index contributed by atoms with van der Waals surface area (Å²) in [6, 6.07) is 7.90. The van der Waals surface area contributed by atoms with Crippen molar-refractivity contribution in [2.24, 2.45) is 0 Å². The van der Waals surface area contributed by atoms with Crippen molar-refractivity contribution in [2.45, 2.75) is 44.6 Å². The number of likely N-dealkylation sites (tertiary alicyclic amines) is 1. The molecule has 2 amide bonds. The van der Waals surface area contributed by atoms with Crippen molar-refractivity contribution in [3.63, 3.8) is 0 Å². The molecule has 28 heavy (non-hydrogen) atoms. The molecule has 146 valence electrons. The summed E-state index contributed by atoms with van der Waals surface area (Å²) in [6.45, 7) is 0.438. The lowest BCUT2D eigenvalue weighted by Gasteiger charge is -2.33. The number of piperidine rings is 1. The fourth-order valence-electron chi connectivity index (χ4n) is 3.96. The largest absolute Gasteiger partial charge is 0.480 e. The SMILES string of the molecule is O=C(Nc1cccc(C(=O)N2CCCCC2C(=O)O)c1)c1cc2c(s1)CCC2. The van der Waals surface area contributed by atoms with Crippen LogP contribution in [0.3, 0.4) is 0 Å². The maximum atomic E-state index is 12.9. The number of nitrogens with one attached hydrogen (secondary N) is 1. The van der Waals surface area contributed by atoms with Crippen LogP contribution in [0.25, 0.3) is 0 Å². The summed E-state index contributed by atoms with van der Waals surface area (Å²) < 4.78 is 0. The van der Waals surface area contributed by atoms with E-state index in [4.69, 9.17) is 0 Å². The highest BCUT2D eigenvalue weighted by Crippen LogP contribution is 2.31. The van der Waals surface area contributed by atoms with E-state index in [0.29, 0.717) is 29.1 Å². The van der Waals surface area contributed by atoms with E-state index in [1.807, 2.05) is 6.07 Å². The number of aryl methyl sites for hydroxylation is 2. The highest BCUT2D eigenvalue weighted by atomic mass is 32.1. The first-order valence-electron chi connectivity index (χ1n) is 9.60. The standard InChI is InChI=1S/C21H22N2O4S/c24-19(18-12-13-5-4-9-17(13)28-18)22-15-7-3-6-14(11-15)20(25)23-10-2-1-8-16(23)21(26)27/h3,6-7,11-12,16H,1-2,4-5,8-10H2,(H,22,24)(H,26,27). The average molecular weight is 398 g/mol. The zero-order chi connectivity index (χ0) is 19.7. The van der Waals surface area contributed by atoms with Crippen LogP contribution in [-0.4, -0.2) is 40.4 Å². The number of rotatable bonds is 4. The molecular formula is C21H22N2O4S. The van der Waals surface area contributed by atoms with Crippen molar-refractivity contribution in [3.05, 3.63) is 51.2 Å². The molecule has 2 heterocycles. The Labute approximate surface area is 167 Å². The third kappa shape index (κ3) is 3.67. The third-order valence-electron chi connectivity index (χ3n) is 5.39. The Bertz CT molecular complexity index is 915. The van der Waals surface area contributed by atoms with Crippen molar-refractivity contribution in [3.8, 4) is 0 Å². The number of amides is 2. The summed E-state index contributed by atoms with van der Waals surface area (Å²) >= 11 is 1.53. The number of fused-ring (bicyclic) bond motifs is 1. The van der Waals surface area contributed by atoms with Gasteiger partial charge in [-0.3, -0.25) is 9.59 Å². The van der Waals surface area contributed by atoms with Crippen LogP contribution < -0.4 is 5.32 Å². The number of carboxylic acids is 1. The monoisotopic (exact) mass is 398 g/mol. The molecule has 4 rings (SSSR count). The van der Waals surface area contributed by atoms with E-state index < -0.39 is 12.0 Å². The van der Waals surface area contributed by atoms with Gasteiger partial charge >= 0.3 is 5.97 Å². The fourth-order valence-corrected chi connectivity index (χ4v) is 5.11. The van der Waals surface area contributed by atoms with E-state index in [1.165, 1.54) is 26.7 Å². The second-order valence-electron chi connectivity index (χ2n) is 7.30. The summed E-state index contributed by atoms with van der Waals surface area (Å²) in [7, 11) is 0. The van der Waals surface area contributed by atoms with Crippen LogP contribution >= 0.6 is 11.3 Å². The number of carbonyl (C=O) groups is 3. The number of thiophene rings is 1. The van der Waals surface area contributed by atoms with Crippen molar-refractivity contribution < 1.29 is 19.5 Å². The maximum absolute atomic E-state index is 12.9. The number of carbonyl (C=O) groups excluding carboxylic acids is 2. The predicted octanol–water partition coefficient (Wildman–Crippen LogP) is 3.57. The fraction of sp³-hybridized carbons (Fsp3) is 0.381. The second kappa shape index (κ2) is 7.75. The maximum Gasteiger partial charge on any atom is 0.326 e. The molecule has 7 heteroatoms. The molecular weight excluding hydrogens is 376 g/mol. The van der Waals surface area contributed by atoms with Gasteiger partial charge in [-0.2, -0.15) is 0 Å². The van der Waals surface area contributed by atoms with Crippen molar-refractivity contribution in [2.75, 3.05) is 11.9 Å². The summed E-state index contributed by atoms with van der Waals surface area (Å²) in [4.78, 5) is 40.3. The topological polar surface area (TPSA) is 86.7 Å². The minimum atomic E-state index is -0.969. The van der Waals surface area contributed by atoms with E-state index in [2.05, 4.69) is 5.32 Å². The van der Waals surface area contributed by atoms with Crippen LogP contribution in [0.4, 0.5) is 5.69 Å². The third-order valence-corrected chi connectivity index (χ3v) is 6.62. The molecule has 0 radical (unpaired) electrons. The molecule has 1 aliphatic carbocycles. The molecule has 1 atom stereocenters. The number of hydrogen-bond acceptors (Lipinski definition) is 4. The minimum absolute atomic E-state index is 0.176. The molecule has 2 aromatic rings. The van der Waals surface area contributed by atoms with Gasteiger partial charge in [0.25, 0.3) is 11.8 Å². The smallest absolute Gasteiger partial charge is 0.326 e. The Morgan fingerprint density at radius 2 is 1.96 bits per heavy atom. The molecule has 0 spiro atoms. The number of benzene rings is 1. The first-order valence-corrected chi connectivity index (χ1v) is 10.4. The van der Waals surface area contributed by atoms with E-state index in [-0.39, 0.29) is 11.8 Å². The van der Waals surface area contributed by atoms with Gasteiger partial charge < -0.3 is 15.3 Å². The van der Waals surface area contributed by atoms with Crippen LogP contribution in [0.2, 0.25) is 0 Å². The molecule has 6 nitrogen and oxygen atoms in total. The molecule has 2 aliphatic rings. The molecule has 1 saturated heterocycles. The highest BCUT2D eigenvalue weighted by Gasteiger charge is 2.32. The van der Waals surface area contributed by atoms with Gasteiger partial charge in [-0.1, -0.05) is 6.07 Å². The lowest BCUT2D eigenvalue weighted by atomic mass is 10.0. The summed E-state index contributed by atoms with van der Waals surface area (Å²) in [6.07, 6.45) is 5.31. The summed E-state index contributed by atoms with van der Waals surface area (Å²) in [5.74, 6) is -1.45. The lowest BCUT2D eigenvalue weighted by Crippen LogP contribution is -2.48. The average Bonchev–Trinajstić information content (AvgIpc) is 3.30. The van der Waals surface area contributed by atoms with E-state index in [1.54, 1.807) is 24.3 Å². The number of carboxylic acid groups (broad SMARTS) is 1. The lowest BCUT2D eigenvalue weighted by molar-refractivity contribution is -0.143. The van der Waals surface area contributed by atoms with Crippen molar-refractivity contribution >= 4 is 34.8 Å². The number of hydrogen-bond donors (Lipinski definition) is 2. The minimum Gasteiger partial charge on any atom is -0.480 e. The van der Waals surface area contributed by atoms with Crippen molar-refractivity contribution in [1.82, 2.24) is 4.90 Å². The van der Waals surface area contributed by atoms with Crippen LogP contribution in [0.5, 0.6) is 0 Å². The molecule has 1 fully saturated rings. The normalized spacial score (nSPS) is 18.6. The molecule has 1 aromatic heterocycles. The second-order valence-corrected chi connectivity index (χ2v) is 8.43. The molecule has 1 aliphatic heterocycles. The molecule has 1 unspecified atom stereocenters. The van der Waals surface area contributed by atoms with Gasteiger partial charge in [-0.25, -0.2) is 4.79 Å². The Morgan fingerprint density at radius 1 is 1.11 bits per heavy atom. The predicted molar refractivity (Wildman–Crippen MR) is 107 cm³/mol. The number of anilines is 1. The van der Waals surface area contributed by atoms with E-state index in [9.17, 15) is 19.5 Å². The summed E-state index contributed by atoms with van der Waals surface area (Å²) in [5, 5.41) is 12.3. The Kier molecular flexibility index (Phi) is 5.17. The van der Waals surface area contributed by atoms with Gasteiger partial charge in [0.05, 0.1) is 4.88 Å². The first-order chi connectivity index (χ1) is 13.5. The Balaban J connectivity index is 1.49. The van der Waals surface area contributed by atoms with E-state index in [0.717, 1.165) is 32.1 Å². The quantitative estimate of drug-likeness (QED) is 0.824. The van der Waals surface area contributed by atoms with Gasteiger partial charge in [0.2, 0.25) is 0 Å². The van der Waals surface area contributed by atoms with Crippen molar-refractivity contribution in [1.29, 1.82) is 0 Å². The molecule has 0 saturated carbocycles. The first kappa shape index (κ1) is 18.7. The zero-order valence-corrected chi connectivity index (χ0v) is 16.3. The van der Waals surface area contributed by atoms with Crippen LogP contribution in [0, 0.1) is 0 Å². The molecule has 2 N–H and O–H groups in total. The van der Waals surface area contributed by atoms with Gasteiger partial charge in [0, 0.05) is 22.7 Å². The van der Waals surface area contributed by atoms with Crippen LogP contribution in [0.1, 0.15) is 56.2 Å². The highest BCUT2D eigenvalue weighted by molar-refractivity contribution is 7.14. The van der Waals surface area contributed by atoms with Gasteiger partial charge in [-0.15, -0.1) is 11.3 Å². The molecule has 1 aromatic carbocycles.